The summed E-state index contributed by atoms with van der Waals surface area (Å²) in [5, 5.41) is 10.8. The van der Waals surface area contributed by atoms with Crippen LogP contribution in [0.2, 0.25) is 5.02 Å². The topological polar surface area (TPSA) is 65.8 Å². The normalized spacial score (nSPS) is 23.1. The quantitative estimate of drug-likeness (QED) is 0.556. The minimum atomic E-state index is -2.67. The van der Waals surface area contributed by atoms with E-state index in [4.69, 9.17) is 11.6 Å². The van der Waals surface area contributed by atoms with Crippen molar-refractivity contribution in [3.05, 3.63) is 35.0 Å². The van der Waals surface area contributed by atoms with Crippen LogP contribution < -0.4 is 0 Å². The summed E-state index contributed by atoms with van der Waals surface area (Å²) in [5.41, 5.74) is 0.187. The van der Waals surface area contributed by atoms with Crippen molar-refractivity contribution in [2.75, 3.05) is 13.6 Å². The molecule has 1 aliphatic carbocycles. The lowest BCUT2D eigenvalue weighted by Gasteiger charge is -2.58. The molecule has 1 saturated carbocycles. The van der Waals surface area contributed by atoms with Crippen molar-refractivity contribution in [2.24, 2.45) is 5.41 Å². The Balaban J connectivity index is 1.72. The van der Waals surface area contributed by atoms with Gasteiger partial charge >= 0.3 is 6.09 Å². The summed E-state index contributed by atoms with van der Waals surface area (Å²) in [6, 6.07) is 5.14. The second-order valence-corrected chi connectivity index (χ2v) is 11.2. The molecule has 6 nitrogen and oxygen atoms in total. The zero-order chi connectivity index (χ0) is 25.1. The van der Waals surface area contributed by atoms with Gasteiger partial charge in [0, 0.05) is 50.6 Å². The fraction of sp³-hybridized carbons (Fsp3) is 0.600. The Morgan fingerprint density at radius 3 is 2.38 bits per heavy atom. The van der Waals surface area contributed by atoms with Crippen LogP contribution in [0.15, 0.2) is 24.4 Å². The average molecular weight is 496 g/mol. The maximum atomic E-state index is 13.6. The van der Waals surface area contributed by atoms with Crippen LogP contribution in [-0.4, -0.2) is 62.6 Å². The monoisotopic (exact) mass is 495 g/mol. The molecular weight excluding hydrogens is 464 g/mol. The second kappa shape index (κ2) is 8.40. The van der Waals surface area contributed by atoms with Gasteiger partial charge in [-0.3, -0.25) is 4.79 Å². The molecule has 186 valence electrons. The number of likely N-dealkylation sites (tertiary alicyclic amines) is 1. The van der Waals surface area contributed by atoms with Crippen LogP contribution in [0.4, 0.5) is 13.6 Å². The van der Waals surface area contributed by atoms with E-state index in [1.807, 2.05) is 37.5 Å². The Bertz CT molecular complexity index is 1120. The molecule has 4 rings (SSSR count). The Hall–Kier alpha value is -2.35. The van der Waals surface area contributed by atoms with E-state index >= 15 is 0 Å². The van der Waals surface area contributed by atoms with Gasteiger partial charge in [0.05, 0.1) is 21.6 Å². The molecule has 1 aliphatic heterocycles. The van der Waals surface area contributed by atoms with Gasteiger partial charge in [-0.15, -0.1) is 0 Å². The highest BCUT2D eigenvalue weighted by atomic mass is 35.5. The molecule has 1 aromatic heterocycles. The Labute approximate surface area is 203 Å². The highest BCUT2D eigenvalue weighted by molar-refractivity contribution is 6.36. The van der Waals surface area contributed by atoms with E-state index in [2.05, 4.69) is 0 Å². The fourth-order valence-electron chi connectivity index (χ4n) is 5.61. The van der Waals surface area contributed by atoms with Gasteiger partial charge in [-0.2, -0.15) is 0 Å². The average Bonchev–Trinajstić information content (AvgIpc) is 3.08. The first-order valence-corrected chi connectivity index (χ1v) is 12.1. The summed E-state index contributed by atoms with van der Waals surface area (Å²) in [6.45, 7) is 6.93. The largest absolute Gasteiger partial charge is 0.465 e. The molecule has 2 amide bonds. The van der Waals surface area contributed by atoms with E-state index in [-0.39, 0.29) is 43.0 Å². The Morgan fingerprint density at radius 2 is 1.85 bits per heavy atom. The van der Waals surface area contributed by atoms with E-state index in [9.17, 15) is 23.5 Å². The summed E-state index contributed by atoms with van der Waals surface area (Å²) in [4.78, 5) is 28.6. The number of hydrogen-bond donors (Lipinski definition) is 1. The van der Waals surface area contributed by atoms with Crippen molar-refractivity contribution < 1.29 is 23.5 Å². The number of amides is 2. The van der Waals surface area contributed by atoms with E-state index < -0.39 is 17.6 Å². The number of nitrogens with zero attached hydrogens (tertiary/aromatic N) is 3. The first-order chi connectivity index (χ1) is 15.8. The summed E-state index contributed by atoms with van der Waals surface area (Å²) in [7, 11) is 1.66. The SMILES string of the molecule is CN(C(=O)c1cn(C[C@@]2(C(C)(C)C)CCN2C(=O)O)c2cccc(Cl)c12)C1CCC(F)(F)CC1. The molecule has 0 spiro atoms. The van der Waals surface area contributed by atoms with Crippen LogP contribution in [0.25, 0.3) is 10.9 Å². The van der Waals surface area contributed by atoms with Crippen molar-refractivity contribution in [3.8, 4) is 0 Å². The maximum absolute atomic E-state index is 13.6. The minimum absolute atomic E-state index is 0.225. The lowest BCUT2D eigenvalue weighted by atomic mass is 9.65. The molecular formula is C25H32ClF2N3O3. The predicted molar refractivity (Wildman–Crippen MR) is 128 cm³/mol. The first kappa shape index (κ1) is 24.8. The lowest BCUT2D eigenvalue weighted by molar-refractivity contribution is -0.0822. The van der Waals surface area contributed by atoms with E-state index in [1.54, 1.807) is 24.2 Å². The molecule has 1 saturated heterocycles. The molecule has 1 N–H and O–H groups in total. The van der Waals surface area contributed by atoms with Crippen LogP contribution in [0.1, 0.15) is 63.2 Å². The highest BCUT2D eigenvalue weighted by Gasteiger charge is 2.55. The third-order valence-electron chi connectivity index (χ3n) is 7.96. The number of benzene rings is 1. The number of carbonyl (C=O) groups is 2. The van der Waals surface area contributed by atoms with Gasteiger partial charge in [-0.25, -0.2) is 13.6 Å². The molecule has 2 aromatic rings. The van der Waals surface area contributed by atoms with E-state index in [0.717, 1.165) is 5.52 Å². The van der Waals surface area contributed by atoms with Gasteiger partial charge in [0.2, 0.25) is 5.92 Å². The van der Waals surface area contributed by atoms with Crippen molar-refractivity contribution >= 4 is 34.5 Å². The molecule has 1 atom stereocenters. The highest BCUT2D eigenvalue weighted by Crippen LogP contribution is 2.47. The summed E-state index contributed by atoms with van der Waals surface area (Å²) in [5.74, 6) is -2.93. The number of carbonyl (C=O) groups excluding carboxylic acids is 1. The smallest absolute Gasteiger partial charge is 0.407 e. The number of hydrogen-bond acceptors (Lipinski definition) is 2. The molecule has 2 fully saturated rings. The van der Waals surface area contributed by atoms with Crippen LogP contribution in [0, 0.1) is 5.41 Å². The van der Waals surface area contributed by atoms with Crippen LogP contribution >= 0.6 is 11.6 Å². The number of fused-ring (bicyclic) bond motifs is 1. The number of carboxylic acid groups (broad SMARTS) is 1. The maximum Gasteiger partial charge on any atom is 0.407 e. The summed E-state index contributed by atoms with van der Waals surface area (Å²) >= 11 is 6.55. The van der Waals surface area contributed by atoms with Crippen LogP contribution in [-0.2, 0) is 6.54 Å². The molecule has 0 bridgehead atoms. The molecule has 9 heteroatoms. The summed E-state index contributed by atoms with van der Waals surface area (Å²) < 4.78 is 29.2. The lowest BCUT2D eigenvalue weighted by Crippen LogP contribution is -2.69. The van der Waals surface area contributed by atoms with Crippen LogP contribution in [0.5, 0.6) is 0 Å². The second-order valence-electron chi connectivity index (χ2n) is 10.8. The number of aromatic nitrogens is 1. The Kier molecular flexibility index (Phi) is 6.12. The summed E-state index contributed by atoms with van der Waals surface area (Å²) in [6.07, 6.45) is 1.56. The Morgan fingerprint density at radius 1 is 1.21 bits per heavy atom. The van der Waals surface area contributed by atoms with Gasteiger partial charge in [0.25, 0.3) is 5.91 Å². The van der Waals surface area contributed by atoms with E-state index in [0.29, 0.717) is 35.5 Å². The van der Waals surface area contributed by atoms with Crippen LogP contribution in [0.3, 0.4) is 0 Å². The molecule has 2 aliphatic rings. The van der Waals surface area contributed by atoms with E-state index in [1.165, 1.54) is 4.90 Å². The molecule has 0 unspecified atom stereocenters. The standard InChI is InChI=1S/C25H32ClF2N3O3/c1-23(2,3)24(12-13-31(24)22(33)34)15-30-14-17(20-18(26)6-5-7-19(20)30)21(32)29(4)16-8-10-25(27,28)11-9-16/h5-7,14,16H,8-13,15H2,1-4H3,(H,33,34)/t24-/m1/s1. The number of alkyl halides is 2. The van der Waals surface area contributed by atoms with Crippen molar-refractivity contribution in [2.45, 2.75) is 76.9 Å². The zero-order valence-corrected chi connectivity index (χ0v) is 20.8. The van der Waals surface area contributed by atoms with Crippen molar-refractivity contribution in [1.29, 1.82) is 0 Å². The fourth-order valence-corrected chi connectivity index (χ4v) is 5.88. The van der Waals surface area contributed by atoms with Gasteiger partial charge in [-0.1, -0.05) is 38.4 Å². The minimum Gasteiger partial charge on any atom is -0.465 e. The molecule has 0 radical (unpaired) electrons. The zero-order valence-electron chi connectivity index (χ0n) is 20.1. The van der Waals surface area contributed by atoms with Gasteiger partial charge < -0.3 is 19.5 Å². The third-order valence-corrected chi connectivity index (χ3v) is 8.28. The van der Waals surface area contributed by atoms with Crippen molar-refractivity contribution in [3.63, 3.8) is 0 Å². The molecule has 34 heavy (non-hydrogen) atoms. The number of halogens is 3. The van der Waals surface area contributed by atoms with Gasteiger partial charge in [-0.05, 0) is 36.8 Å². The molecule has 2 heterocycles. The predicted octanol–water partition coefficient (Wildman–Crippen LogP) is 6.11. The third kappa shape index (κ3) is 4.04. The van der Waals surface area contributed by atoms with Crippen molar-refractivity contribution in [1.82, 2.24) is 14.4 Å². The molecule has 1 aromatic carbocycles. The number of rotatable bonds is 4. The van der Waals surface area contributed by atoms with Gasteiger partial charge in [0.1, 0.15) is 0 Å². The van der Waals surface area contributed by atoms with Gasteiger partial charge in [0.15, 0.2) is 0 Å². The first-order valence-electron chi connectivity index (χ1n) is 11.7.